The number of amides is 2. The molecule has 0 aromatic heterocycles. The number of rotatable bonds is 2. The van der Waals surface area contributed by atoms with E-state index in [1.54, 1.807) is 7.05 Å². The van der Waals surface area contributed by atoms with Crippen LogP contribution in [0.1, 0.15) is 34.1 Å². The molecule has 0 saturated carbocycles. The maximum absolute atomic E-state index is 10.9. The van der Waals surface area contributed by atoms with Gasteiger partial charge in [-0.25, -0.2) is 4.79 Å². The number of hydrogen-bond acceptors (Lipinski definition) is 1. The Balaban J connectivity index is 3.74. The van der Waals surface area contributed by atoms with Gasteiger partial charge in [0.15, 0.2) is 0 Å². The summed E-state index contributed by atoms with van der Waals surface area (Å²) in [6.07, 6.45) is 0.987. The van der Waals surface area contributed by atoms with E-state index in [0.717, 1.165) is 6.42 Å². The quantitative estimate of drug-likeness (QED) is 0.654. The van der Waals surface area contributed by atoms with Crippen LogP contribution in [0.25, 0.3) is 0 Å². The molecule has 72 valence electrons. The van der Waals surface area contributed by atoms with E-state index >= 15 is 0 Å². The maximum Gasteiger partial charge on any atom is 0.314 e. The lowest BCUT2D eigenvalue weighted by atomic mass is 9.89. The first-order chi connectivity index (χ1) is 5.35. The van der Waals surface area contributed by atoms with E-state index in [-0.39, 0.29) is 17.5 Å². The Morgan fingerprint density at radius 1 is 1.42 bits per heavy atom. The molecule has 0 unspecified atom stereocenters. The highest BCUT2D eigenvalue weighted by molar-refractivity contribution is 5.73. The molecule has 12 heavy (non-hydrogen) atoms. The summed E-state index contributed by atoms with van der Waals surface area (Å²) in [7, 11) is 1.62. The van der Waals surface area contributed by atoms with Crippen LogP contribution >= 0.6 is 0 Å². The van der Waals surface area contributed by atoms with Crippen molar-refractivity contribution in [1.29, 1.82) is 0 Å². The van der Waals surface area contributed by atoms with Crippen molar-refractivity contribution in [1.82, 2.24) is 10.6 Å². The van der Waals surface area contributed by atoms with Crippen LogP contribution in [0.4, 0.5) is 4.79 Å². The number of carbonyl (C=O) groups excluding carboxylic acids is 1. The standard InChI is InChI=1S/C9H20N2O/c1-7(6-9(2,3)4)11-8(12)10-5/h7H,6H2,1-5H3,(H2,10,11,12)/t7-/m0/s1. The van der Waals surface area contributed by atoms with Crippen molar-refractivity contribution in [2.75, 3.05) is 7.05 Å². The van der Waals surface area contributed by atoms with Gasteiger partial charge < -0.3 is 10.6 Å². The van der Waals surface area contributed by atoms with Crippen LogP contribution in [0.3, 0.4) is 0 Å². The number of urea groups is 1. The molecule has 0 saturated heterocycles. The van der Waals surface area contributed by atoms with Crippen LogP contribution < -0.4 is 10.6 Å². The predicted octanol–water partition coefficient (Wildman–Crippen LogP) is 1.74. The number of nitrogens with one attached hydrogen (secondary N) is 2. The lowest BCUT2D eigenvalue weighted by Gasteiger charge is -2.23. The van der Waals surface area contributed by atoms with Crippen molar-refractivity contribution >= 4 is 6.03 Å². The van der Waals surface area contributed by atoms with Gasteiger partial charge in [-0.05, 0) is 18.8 Å². The third kappa shape index (κ3) is 6.01. The van der Waals surface area contributed by atoms with Crippen molar-refractivity contribution in [2.45, 2.75) is 40.2 Å². The van der Waals surface area contributed by atoms with Crippen molar-refractivity contribution in [3.63, 3.8) is 0 Å². The smallest absolute Gasteiger partial charge is 0.314 e. The Morgan fingerprint density at radius 2 is 1.92 bits per heavy atom. The van der Waals surface area contributed by atoms with E-state index in [2.05, 4.69) is 31.4 Å². The fraction of sp³-hybridized carbons (Fsp3) is 0.889. The number of carbonyl (C=O) groups is 1. The summed E-state index contributed by atoms with van der Waals surface area (Å²) in [5.41, 5.74) is 0.264. The molecular weight excluding hydrogens is 152 g/mol. The molecule has 0 aliphatic heterocycles. The summed E-state index contributed by atoms with van der Waals surface area (Å²) in [6.45, 7) is 8.50. The second kappa shape index (κ2) is 4.33. The summed E-state index contributed by atoms with van der Waals surface area (Å²) in [4.78, 5) is 10.9. The minimum Gasteiger partial charge on any atom is -0.341 e. The molecule has 2 N–H and O–H groups in total. The zero-order valence-electron chi connectivity index (χ0n) is 8.69. The Bertz CT molecular complexity index is 149. The summed E-state index contributed by atoms with van der Waals surface area (Å²) < 4.78 is 0. The van der Waals surface area contributed by atoms with Gasteiger partial charge in [-0.3, -0.25) is 0 Å². The highest BCUT2D eigenvalue weighted by atomic mass is 16.2. The largest absolute Gasteiger partial charge is 0.341 e. The van der Waals surface area contributed by atoms with Gasteiger partial charge in [0, 0.05) is 13.1 Å². The molecule has 0 bridgehead atoms. The first kappa shape index (κ1) is 11.3. The summed E-state index contributed by atoms with van der Waals surface area (Å²) in [6, 6.07) is 0.122. The molecule has 3 heteroatoms. The van der Waals surface area contributed by atoms with E-state index in [1.165, 1.54) is 0 Å². The van der Waals surface area contributed by atoms with Gasteiger partial charge >= 0.3 is 6.03 Å². The van der Waals surface area contributed by atoms with Crippen molar-refractivity contribution in [2.24, 2.45) is 5.41 Å². The number of hydrogen-bond donors (Lipinski definition) is 2. The molecule has 0 rings (SSSR count). The van der Waals surface area contributed by atoms with E-state index in [9.17, 15) is 4.79 Å². The summed E-state index contributed by atoms with van der Waals surface area (Å²) >= 11 is 0. The van der Waals surface area contributed by atoms with Gasteiger partial charge in [-0.1, -0.05) is 20.8 Å². The highest BCUT2D eigenvalue weighted by Crippen LogP contribution is 2.20. The molecular formula is C9H20N2O. The second-order valence-corrected chi connectivity index (χ2v) is 4.39. The third-order valence-electron chi connectivity index (χ3n) is 1.52. The molecule has 0 aliphatic rings. The minimum absolute atomic E-state index is 0.105. The molecule has 0 aromatic rings. The van der Waals surface area contributed by atoms with Crippen LogP contribution in [-0.2, 0) is 0 Å². The Kier molecular flexibility index (Phi) is 4.07. The van der Waals surface area contributed by atoms with Gasteiger partial charge in [0.05, 0.1) is 0 Å². The molecule has 1 atom stereocenters. The van der Waals surface area contributed by atoms with Crippen LogP contribution in [0, 0.1) is 5.41 Å². The lowest BCUT2D eigenvalue weighted by Crippen LogP contribution is -2.40. The fourth-order valence-corrected chi connectivity index (χ4v) is 1.27. The van der Waals surface area contributed by atoms with E-state index in [0.29, 0.717) is 0 Å². The van der Waals surface area contributed by atoms with Crippen LogP contribution in [0.5, 0.6) is 0 Å². The Labute approximate surface area is 74.9 Å². The maximum atomic E-state index is 10.9. The SMILES string of the molecule is CNC(=O)N[C@@H](C)CC(C)(C)C. The average molecular weight is 172 g/mol. The van der Waals surface area contributed by atoms with E-state index < -0.39 is 0 Å². The second-order valence-electron chi connectivity index (χ2n) is 4.39. The molecule has 0 aliphatic carbocycles. The van der Waals surface area contributed by atoms with Crippen LogP contribution in [-0.4, -0.2) is 19.1 Å². The minimum atomic E-state index is -0.105. The normalized spacial score (nSPS) is 13.8. The monoisotopic (exact) mass is 172 g/mol. The Morgan fingerprint density at radius 3 is 2.25 bits per heavy atom. The molecule has 0 heterocycles. The topological polar surface area (TPSA) is 41.1 Å². The van der Waals surface area contributed by atoms with Gasteiger partial charge in [-0.2, -0.15) is 0 Å². The van der Waals surface area contributed by atoms with Gasteiger partial charge in [0.1, 0.15) is 0 Å². The summed E-state index contributed by atoms with van der Waals surface area (Å²) in [5, 5.41) is 5.37. The molecule has 0 aromatic carbocycles. The van der Waals surface area contributed by atoms with E-state index in [4.69, 9.17) is 0 Å². The Hall–Kier alpha value is -0.730. The molecule has 2 amide bonds. The van der Waals surface area contributed by atoms with Crippen molar-refractivity contribution < 1.29 is 4.79 Å². The predicted molar refractivity (Wildman–Crippen MR) is 51.1 cm³/mol. The zero-order chi connectivity index (χ0) is 9.78. The van der Waals surface area contributed by atoms with E-state index in [1.807, 2.05) is 6.92 Å². The molecule has 0 radical (unpaired) electrons. The first-order valence-electron chi connectivity index (χ1n) is 4.33. The van der Waals surface area contributed by atoms with Gasteiger partial charge in [0.2, 0.25) is 0 Å². The van der Waals surface area contributed by atoms with Crippen LogP contribution in [0.2, 0.25) is 0 Å². The molecule has 0 spiro atoms. The average Bonchev–Trinajstić information content (AvgIpc) is 1.82. The van der Waals surface area contributed by atoms with Gasteiger partial charge in [-0.15, -0.1) is 0 Å². The zero-order valence-corrected chi connectivity index (χ0v) is 8.69. The van der Waals surface area contributed by atoms with Crippen molar-refractivity contribution in [3.8, 4) is 0 Å². The first-order valence-corrected chi connectivity index (χ1v) is 4.33. The third-order valence-corrected chi connectivity index (χ3v) is 1.52. The molecule has 3 nitrogen and oxygen atoms in total. The molecule has 0 fully saturated rings. The fourth-order valence-electron chi connectivity index (χ4n) is 1.27. The lowest BCUT2D eigenvalue weighted by molar-refractivity contribution is 0.234. The van der Waals surface area contributed by atoms with Gasteiger partial charge in [0.25, 0.3) is 0 Å². The summed E-state index contributed by atoms with van der Waals surface area (Å²) in [5.74, 6) is 0. The highest BCUT2D eigenvalue weighted by Gasteiger charge is 2.15. The van der Waals surface area contributed by atoms with Crippen LogP contribution in [0.15, 0.2) is 0 Å². The van der Waals surface area contributed by atoms with Crippen molar-refractivity contribution in [3.05, 3.63) is 0 Å².